The monoisotopic (exact) mass is 365 g/mol. The largest absolute Gasteiger partial charge is 0.463 e. The Bertz CT molecular complexity index is 737. The second-order valence-corrected chi connectivity index (χ2v) is 5.66. The summed E-state index contributed by atoms with van der Waals surface area (Å²) in [6.45, 7) is 6.89. The standard InChI is InChI=1S/C17H23N3O6/c1-5-10-14(16(22)24-7-3)12(19-17(23)18-10)8-25-15(21)13-9(4)26-20-11(13)6-2/h10H,5-8H2,1-4H3,(H2,18,19,23). The van der Waals surface area contributed by atoms with Gasteiger partial charge in [0.25, 0.3) is 0 Å². The molecule has 0 radical (unpaired) electrons. The maximum atomic E-state index is 12.4. The van der Waals surface area contributed by atoms with Crippen molar-refractivity contribution < 1.29 is 28.4 Å². The number of nitrogens with zero attached hydrogens (tertiary/aromatic N) is 1. The molecule has 142 valence electrons. The van der Waals surface area contributed by atoms with Crippen LogP contribution in [0.1, 0.15) is 49.0 Å². The van der Waals surface area contributed by atoms with Crippen LogP contribution >= 0.6 is 0 Å². The first kappa shape index (κ1) is 19.5. The van der Waals surface area contributed by atoms with Crippen molar-refractivity contribution in [1.82, 2.24) is 15.8 Å². The molecule has 0 aromatic carbocycles. The number of esters is 2. The lowest BCUT2D eigenvalue weighted by molar-refractivity contribution is -0.139. The molecule has 0 spiro atoms. The zero-order chi connectivity index (χ0) is 19.3. The number of carbonyl (C=O) groups is 3. The lowest BCUT2D eigenvalue weighted by Gasteiger charge is -2.28. The Labute approximate surface area is 151 Å². The van der Waals surface area contributed by atoms with E-state index in [1.165, 1.54) is 0 Å². The topological polar surface area (TPSA) is 120 Å². The van der Waals surface area contributed by atoms with Crippen molar-refractivity contribution in [3.63, 3.8) is 0 Å². The zero-order valence-corrected chi connectivity index (χ0v) is 15.3. The molecule has 1 aliphatic rings. The summed E-state index contributed by atoms with van der Waals surface area (Å²) in [6, 6.07) is -0.980. The van der Waals surface area contributed by atoms with Gasteiger partial charge in [0.15, 0.2) is 0 Å². The maximum Gasteiger partial charge on any atom is 0.344 e. The van der Waals surface area contributed by atoms with Gasteiger partial charge in [-0.2, -0.15) is 0 Å². The zero-order valence-electron chi connectivity index (χ0n) is 15.3. The molecule has 0 aliphatic carbocycles. The van der Waals surface area contributed by atoms with E-state index in [0.717, 1.165) is 0 Å². The van der Waals surface area contributed by atoms with E-state index in [0.29, 0.717) is 24.3 Å². The van der Waals surface area contributed by atoms with E-state index in [9.17, 15) is 14.4 Å². The number of rotatable bonds is 7. The van der Waals surface area contributed by atoms with Crippen molar-refractivity contribution in [3.05, 3.63) is 28.3 Å². The van der Waals surface area contributed by atoms with Crippen LogP contribution in [0.15, 0.2) is 15.8 Å². The minimum atomic E-state index is -0.628. The summed E-state index contributed by atoms with van der Waals surface area (Å²) in [4.78, 5) is 36.5. The first-order chi connectivity index (χ1) is 12.4. The average Bonchev–Trinajstić information content (AvgIpc) is 2.99. The molecule has 0 saturated carbocycles. The normalized spacial score (nSPS) is 16.8. The SMILES string of the molecule is CCOC(=O)C1=C(COC(=O)c2c(CC)noc2C)NC(=O)NC1CC. The third kappa shape index (κ3) is 4.04. The van der Waals surface area contributed by atoms with Gasteiger partial charge in [0.2, 0.25) is 0 Å². The second kappa shape index (κ2) is 8.50. The summed E-state index contributed by atoms with van der Waals surface area (Å²) in [5.74, 6) is -0.835. The van der Waals surface area contributed by atoms with Gasteiger partial charge in [-0.25, -0.2) is 14.4 Å². The molecule has 1 atom stereocenters. The molecule has 1 aromatic heterocycles. The summed E-state index contributed by atoms with van der Waals surface area (Å²) in [5, 5.41) is 8.99. The van der Waals surface area contributed by atoms with Crippen LogP contribution in [0.5, 0.6) is 0 Å². The van der Waals surface area contributed by atoms with Crippen LogP contribution < -0.4 is 10.6 Å². The molecule has 0 fully saturated rings. The minimum Gasteiger partial charge on any atom is -0.463 e. The lowest BCUT2D eigenvalue weighted by Crippen LogP contribution is -2.51. The van der Waals surface area contributed by atoms with Gasteiger partial charge in [-0.15, -0.1) is 0 Å². The van der Waals surface area contributed by atoms with E-state index in [-0.39, 0.29) is 30.0 Å². The number of aromatic nitrogens is 1. The van der Waals surface area contributed by atoms with Crippen molar-refractivity contribution in [2.45, 2.75) is 46.6 Å². The van der Waals surface area contributed by atoms with E-state index < -0.39 is 24.0 Å². The fraction of sp³-hybridized carbons (Fsp3) is 0.529. The number of aryl methyl sites for hydroxylation is 2. The van der Waals surface area contributed by atoms with Crippen molar-refractivity contribution in [3.8, 4) is 0 Å². The van der Waals surface area contributed by atoms with Crippen molar-refractivity contribution in [2.75, 3.05) is 13.2 Å². The van der Waals surface area contributed by atoms with E-state index in [1.807, 2.05) is 13.8 Å². The molecule has 1 unspecified atom stereocenters. The summed E-state index contributed by atoms with van der Waals surface area (Å²) in [6.07, 6.45) is 1.00. The molecule has 0 saturated heterocycles. The molecule has 2 N–H and O–H groups in total. The number of urea groups is 1. The quantitative estimate of drug-likeness (QED) is 0.704. The van der Waals surface area contributed by atoms with Crippen LogP contribution in [-0.2, 0) is 20.7 Å². The molecule has 2 heterocycles. The average molecular weight is 365 g/mol. The number of hydrogen-bond donors (Lipinski definition) is 2. The van der Waals surface area contributed by atoms with E-state index in [4.69, 9.17) is 14.0 Å². The summed E-state index contributed by atoms with van der Waals surface area (Å²) >= 11 is 0. The highest BCUT2D eigenvalue weighted by atomic mass is 16.5. The molecule has 1 aliphatic heterocycles. The molecule has 0 bridgehead atoms. The molecule has 9 nitrogen and oxygen atoms in total. The van der Waals surface area contributed by atoms with Gasteiger partial charge in [-0.1, -0.05) is 19.0 Å². The lowest BCUT2D eigenvalue weighted by atomic mass is 10.0. The summed E-state index contributed by atoms with van der Waals surface area (Å²) < 4.78 is 15.4. The Morgan fingerprint density at radius 1 is 1.19 bits per heavy atom. The van der Waals surface area contributed by atoms with Crippen LogP contribution in [-0.4, -0.2) is 42.4 Å². The maximum absolute atomic E-state index is 12.4. The third-order valence-electron chi connectivity index (χ3n) is 3.97. The van der Waals surface area contributed by atoms with Crippen LogP contribution in [0.25, 0.3) is 0 Å². The fourth-order valence-corrected chi connectivity index (χ4v) is 2.71. The van der Waals surface area contributed by atoms with E-state index >= 15 is 0 Å². The highest BCUT2D eigenvalue weighted by Gasteiger charge is 2.32. The Kier molecular flexibility index (Phi) is 6.37. The number of hydrogen-bond acceptors (Lipinski definition) is 7. The number of nitrogens with one attached hydrogen (secondary N) is 2. The van der Waals surface area contributed by atoms with Gasteiger partial charge in [0.1, 0.15) is 17.9 Å². The minimum absolute atomic E-state index is 0.194. The van der Waals surface area contributed by atoms with Crippen LogP contribution in [0.2, 0.25) is 0 Å². The van der Waals surface area contributed by atoms with Gasteiger partial charge >= 0.3 is 18.0 Å². The van der Waals surface area contributed by atoms with Gasteiger partial charge in [0.05, 0.1) is 29.6 Å². The smallest absolute Gasteiger partial charge is 0.344 e. The first-order valence-electron chi connectivity index (χ1n) is 8.52. The highest BCUT2D eigenvalue weighted by molar-refractivity contribution is 5.95. The van der Waals surface area contributed by atoms with Gasteiger partial charge in [-0.05, 0) is 26.7 Å². The Morgan fingerprint density at radius 3 is 2.54 bits per heavy atom. The van der Waals surface area contributed by atoms with Gasteiger partial charge in [-0.3, -0.25) is 0 Å². The first-order valence-corrected chi connectivity index (χ1v) is 8.52. The van der Waals surface area contributed by atoms with E-state index in [1.54, 1.807) is 13.8 Å². The van der Waals surface area contributed by atoms with Gasteiger partial charge in [0, 0.05) is 0 Å². The Balaban J connectivity index is 2.25. The predicted molar refractivity (Wildman–Crippen MR) is 90.3 cm³/mol. The molecule has 9 heteroatoms. The predicted octanol–water partition coefficient (Wildman–Crippen LogP) is 1.61. The molecule has 2 rings (SSSR count). The molecular formula is C17H23N3O6. The molecule has 2 amide bonds. The Hall–Kier alpha value is -2.84. The van der Waals surface area contributed by atoms with Gasteiger partial charge < -0.3 is 24.6 Å². The number of amides is 2. The second-order valence-electron chi connectivity index (χ2n) is 5.66. The van der Waals surface area contributed by atoms with Crippen LogP contribution in [0.4, 0.5) is 4.79 Å². The summed E-state index contributed by atoms with van der Waals surface area (Å²) in [5.41, 5.74) is 1.21. The number of ether oxygens (including phenoxy) is 2. The number of carbonyl (C=O) groups excluding carboxylic acids is 3. The van der Waals surface area contributed by atoms with Crippen LogP contribution in [0, 0.1) is 6.92 Å². The van der Waals surface area contributed by atoms with E-state index in [2.05, 4.69) is 15.8 Å². The van der Waals surface area contributed by atoms with Crippen molar-refractivity contribution in [2.24, 2.45) is 0 Å². The Morgan fingerprint density at radius 2 is 1.92 bits per heavy atom. The third-order valence-corrected chi connectivity index (χ3v) is 3.97. The van der Waals surface area contributed by atoms with Crippen molar-refractivity contribution >= 4 is 18.0 Å². The fourth-order valence-electron chi connectivity index (χ4n) is 2.71. The highest BCUT2D eigenvalue weighted by Crippen LogP contribution is 2.19. The summed E-state index contributed by atoms with van der Waals surface area (Å²) in [7, 11) is 0. The molecule has 1 aromatic rings. The van der Waals surface area contributed by atoms with Crippen LogP contribution in [0.3, 0.4) is 0 Å². The molecular weight excluding hydrogens is 342 g/mol. The van der Waals surface area contributed by atoms with Crippen molar-refractivity contribution in [1.29, 1.82) is 0 Å². The molecule has 26 heavy (non-hydrogen) atoms.